The summed E-state index contributed by atoms with van der Waals surface area (Å²) in [5.74, 6) is -0.0950. The first kappa shape index (κ1) is 12.6. The minimum atomic E-state index is -0.171. The second kappa shape index (κ2) is 5.69. The predicted molar refractivity (Wildman–Crippen MR) is 69.2 cm³/mol. The molecule has 1 heterocycles. The lowest BCUT2D eigenvalue weighted by molar-refractivity contribution is -0.121. The van der Waals surface area contributed by atoms with Gasteiger partial charge in [-0.3, -0.25) is 4.79 Å². The second-order valence-corrected chi connectivity index (χ2v) is 4.29. The quantitative estimate of drug-likeness (QED) is 0.847. The number of rotatable bonds is 5. The zero-order chi connectivity index (χ0) is 13.0. The van der Waals surface area contributed by atoms with Crippen LogP contribution in [0.3, 0.4) is 0 Å². The Bertz CT molecular complexity index is 529. The Morgan fingerprint density at radius 1 is 1.44 bits per heavy atom. The van der Waals surface area contributed by atoms with Gasteiger partial charge in [-0.15, -0.1) is 0 Å². The van der Waals surface area contributed by atoms with Crippen molar-refractivity contribution >= 4 is 16.9 Å². The molecule has 2 aromatic rings. The lowest BCUT2D eigenvalue weighted by Crippen LogP contribution is -2.37. The van der Waals surface area contributed by atoms with Gasteiger partial charge in [-0.05, 0) is 12.5 Å². The normalized spacial score (nSPS) is 12.6. The average molecular weight is 247 g/mol. The Kier molecular flexibility index (Phi) is 3.99. The Morgan fingerprint density at radius 2 is 2.22 bits per heavy atom. The molecule has 4 nitrogen and oxygen atoms in total. The number of amides is 1. The fourth-order valence-corrected chi connectivity index (χ4v) is 1.90. The minimum Gasteiger partial charge on any atom is -0.464 e. The first-order chi connectivity index (χ1) is 8.74. The molecule has 0 fully saturated rings. The van der Waals surface area contributed by atoms with Crippen LogP contribution in [-0.2, 0) is 11.2 Å². The van der Waals surface area contributed by atoms with Crippen molar-refractivity contribution in [3.05, 3.63) is 36.1 Å². The molecule has 2 N–H and O–H groups in total. The molecule has 1 amide bonds. The molecule has 1 atom stereocenters. The van der Waals surface area contributed by atoms with Gasteiger partial charge in [0.15, 0.2) is 0 Å². The highest BCUT2D eigenvalue weighted by atomic mass is 16.3. The third-order valence-corrected chi connectivity index (χ3v) is 2.99. The number of para-hydroxylation sites is 1. The van der Waals surface area contributed by atoms with Gasteiger partial charge in [0.2, 0.25) is 5.91 Å². The van der Waals surface area contributed by atoms with Crippen molar-refractivity contribution in [1.29, 1.82) is 0 Å². The van der Waals surface area contributed by atoms with Gasteiger partial charge in [0.05, 0.1) is 25.3 Å². The third-order valence-electron chi connectivity index (χ3n) is 2.99. The Labute approximate surface area is 106 Å². The molecule has 1 unspecified atom stereocenters. The lowest BCUT2D eigenvalue weighted by Gasteiger charge is -2.13. The number of hydrogen-bond donors (Lipinski definition) is 2. The molecule has 2 rings (SSSR count). The maximum atomic E-state index is 11.8. The van der Waals surface area contributed by atoms with Gasteiger partial charge >= 0.3 is 0 Å². The molecule has 18 heavy (non-hydrogen) atoms. The lowest BCUT2D eigenvalue weighted by atomic mass is 10.1. The molecule has 1 aromatic carbocycles. The van der Waals surface area contributed by atoms with E-state index in [2.05, 4.69) is 5.32 Å². The molecule has 0 aliphatic carbocycles. The van der Waals surface area contributed by atoms with Gasteiger partial charge in [0.1, 0.15) is 5.58 Å². The van der Waals surface area contributed by atoms with Crippen molar-refractivity contribution in [2.24, 2.45) is 0 Å². The van der Waals surface area contributed by atoms with E-state index in [0.29, 0.717) is 6.42 Å². The summed E-state index contributed by atoms with van der Waals surface area (Å²) in [4.78, 5) is 11.8. The fourth-order valence-electron chi connectivity index (χ4n) is 1.90. The van der Waals surface area contributed by atoms with Crippen molar-refractivity contribution in [3.8, 4) is 0 Å². The van der Waals surface area contributed by atoms with Crippen LogP contribution in [0.5, 0.6) is 0 Å². The van der Waals surface area contributed by atoms with Gasteiger partial charge in [-0.1, -0.05) is 25.1 Å². The maximum Gasteiger partial charge on any atom is 0.224 e. The summed E-state index contributed by atoms with van der Waals surface area (Å²) < 4.78 is 5.38. The van der Waals surface area contributed by atoms with Crippen molar-refractivity contribution in [2.45, 2.75) is 25.8 Å². The van der Waals surface area contributed by atoms with Crippen LogP contribution < -0.4 is 5.32 Å². The van der Waals surface area contributed by atoms with E-state index in [1.165, 1.54) is 0 Å². The van der Waals surface area contributed by atoms with E-state index in [-0.39, 0.29) is 25.0 Å². The molecule has 0 saturated carbocycles. The average Bonchev–Trinajstić information content (AvgIpc) is 2.79. The van der Waals surface area contributed by atoms with Gasteiger partial charge in [0.25, 0.3) is 0 Å². The molecule has 1 aromatic heterocycles. The number of hydrogen-bond acceptors (Lipinski definition) is 3. The summed E-state index contributed by atoms with van der Waals surface area (Å²) in [5, 5.41) is 12.8. The number of aliphatic hydroxyl groups is 1. The highest BCUT2D eigenvalue weighted by molar-refractivity contribution is 5.87. The number of furan rings is 1. The zero-order valence-corrected chi connectivity index (χ0v) is 10.3. The topological polar surface area (TPSA) is 62.5 Å². The molecular formula is C14H17NO3. The van der Waals surface area contributed by atoms with Crippen molar-refractivity contribution < 1.29 is 14.3 Å². The van der Waals surface area contributed by atoms with Gasteiger partial charge < -0.3 is 14.8 Å². The van der Waals surface area contributed by atoms with Crippen LogP contribution in [0.4, 0.5) is 0 Å². The molecule has 4 heteroatoms. The van der Waals surface area contributed by atoms with Crippen LogP contribution >= 0.6 is 0 Å². The zero-order valence-electron chi connectivity index (χ0n) is 10.3. The number of benzene rings is 1. The maximum absolute atomic E-state index is 11.8. The largest absolute Gasteiger partial charge is 0.464 e. The summed E-state index contributed by atoms with van der Waals surface area (Å²) in [5.41, 5.74) is 1.66. The van der Waals surface area contributed by atoms with Crippen LogP contribution in [0.1, 0.15) is 18.9 Å². The molecule has 0 aliphatic heterocycles. The number of aliphatic hydroxyl groups excluding tert-OH is 1. The Hall–Kier alpha value is -1.81. The smallest absolute Gasteiger partial charge is 0.224 e. The van der Waals surface area contributed by atoms with Crippen LogP contribution in [-0.4, -0.2) is 23.7 Å². The molecule has 0 bridgehead atoms. The second-order valence-electron chi connectivity index (χ2n) is 4.29. The van der Waals surface area contributed by atoms with Crippen molar-refractivity contribution in [2.75, 3.05) is 6.61 Å². The fraction of sp³-hybridized carbons (Fsp3) is 0.357. The predicted octanol–water partition coefficient (Wildman–Crippen LogP) is 1.86. The number of fused-ring (bicyclic) bond motifs is 1. The summed E-state index contributed by atoms with van der Waals surface area (Å²) in [7, 11) is 0. The highest BCUT2D eigenvalue weighted by Crippen LogP contribution is 2.20. The van der Waals surface area contributed by atoms with Gasteiger partial charge in [-0.2, -0.15) is 0 Å². The first-order valence-electron chi connectivity index (χ1n) is 6.10. The third kappa shape index (κ3) is 2.71. The Morgan fingerprint density at radius 3 is 2.94 bits per heavy atom. The summed E-state index contributed by atoms with van der Waals surface area (Å²) in [6.45, 7) is 1.89. The number of nitrogens with one attached hydrogen (secondary N) is 1. The number of carbonyl (C=O) groups is 1. The van der Waals surface area contributed by atoms with E-state index in [9.17, 15) is 4.79 Å². The van der Waals surface area contributed by atoms with Crippen LogP contribution in [0.25, 0.3) is 11.0 Å². The van der Waals surface area contributed by atoms with Crippen molar-refractivity contribution in [1.82, 2.24) is 5.32 Å². The van der Waals surface area contributed by atoms with E-state index < -0.39 is 0 Å². The standard InChI is InChI=1S/C14H17NO3/c1-2-11(8-16)15-14(17)7-10-9-18-13-6-4-3-5-12(10)13/h3-6,9,11,16H,2,7-8H2,1H3,(H,15,17). The highest BCUT2D eigenvalue weighted by Gasteiger charge is 2.12. The van der Waals surface area contributed by atoms with E-state index in [0.717, 1.165) is 16.5 Å². The molecule has 0 saturated heterocycles. The van der Waals surface area contributed by atoms with Crippen LogP contribution in [0.2, 0.25) is 0 Å². The minimum absolute atomic E-state index is 0.0334. The Balaban J connectivity index is 2.07. The molecule has 0 radical (unpaired) electrons. The van der Waals surface area contributed by atoms with E-state index >= 15 is 0 Å². The molecule has 0 spiro atoms. The van der Waals surface area contributed by atoms with E-state index in [1.807, 2.05) is 31.2 Å². The van der Waals surface area contributed by atoms with Crippen LogP contribution in [0, 0.1) is 0 Å². The van der Waals surface area contributed by atoms with Crippen molar-refractivity contribution in [3.63, 3.8) is 0 Å². The number of carbonyl (C=O) groups excluding carboxylic acids is 1. The molecule has 0 aliphatic rings. The first-order valence-corrected chi connectivity index (χ1v) is 6.10. The van der Waals surface area contributed by atoms with Gasteiger partial charge in [0, 0.05) is 10.9 Å². The van der Waals surface area contributed by atoms with Crippen LogP contribution in [0.15, 0.2) is 34.9 Å². The van der Waals surface area contributed by atoms with E-state index in [4.69, 9.17) is 9.52 Å². The summed E-state index contributed by atoms with van der Waals surface area (Å²) in [6, 6.07) is 7.45. The van der Waals surface area contributed by atoms with E-state index in [1.54, 1.807) is 6.26 Å². The SMILES string of the molecule is CCC(CO)NC(=O)Cc1coc2ccccc12. The summed E-state index contributed by atoms with van der Waals surface area (Å²) in [6.07, 6.45) is 2.60. The molecule has 96 valence electrons. The molecular weight excluding hydrogens is 230 g/mol. The van der Waals surface area contributed by atoms with Gasteiger partial charge in [-0.25, -0.2) is 0 Å². The monoisotopic (exact) mass is 247 g/mol. The summed E-state index contributed by atoms with van der Waals surface area (Å²) >= 11 is 0.